The van der Waals surface area contributed by atoms with Gasteiger partial charge in [0.05, 0.1) is 16.1 Å². The molecule has 0 spiro atoms. The molecule has 0 fully saturated rings. The second-order valence-corrected chi connectivity index (χ2v) is 5.89. The zero-order valence-electron chi connectivity index (χ0n) is 10.2. The second-order valence-electron chi connectivity index (χ2n) is 4.26. The minimum Gasteiger partial charge on any atom is -0.276 e. The summed E-state index contributed by atoms with van der Waals surface area (Å²) in [4.78, 5) is 18.4. The molecular weight excluding hydrogens is 278 g/mol. The normalized spacial score (nSPS) is 10.8. The minimum absolute atomic E-state index is 0.451. The number of fused-ring (bicyclic) bond motifs is 1. The third kappa shape index (κ3) is 2.27. The molecule has 3 aromatic rings. The molecule has 0 saturated carbocycles. The largest absolute Gasteiger partial charge is 0.276 e. The fourth-order valence-corrected chi connectivity index (χ4v) is 3.02. The predicted molar refractivity (Wildman–Crippen MR) is 80.0 cm³/mol. The highest BCUT2D eigenvalue weighted by Crippen LogP contribution is 2.30. The fraction of sp³-hybridized carbons (Fsp3) is 0.0667. The van der Waals surface area contributed by atoms with Crippen LogP contribution >= 0.6 is 22.9 Å². The summed E-state index contributed by atoms with van der Waals surface area (Å²) in [6.07, 6.45) is 0. The van der Waals surface area contributed by atoms with Gasteiger partial charge in [0.1, 0.15) is 0 Å². The molecule has 2 heterocycles. The quantitative estimate of drug-likeness (QED) is 0.642. The molecule has 0 N–H and O–H groups in total. The Morgan fingerprint density at radius 1 is 1.21 bits per heavy atom. The molecule has 0 saturated heterocycles. The number of aryl methyl sites for hydroxylation is 1. The summed E-state index contributed by atoms with van der Waals surface area (Å²) in [6, 6.07) is 13.4. The van der Waals surface area contributed by atoms with Gasteiger partial charge in [0, 0.05) is 15.8 Å². The molecule has 0 atom stereocenters. The van der Waals surface area contributed by atoms with E-state index in [4.69, 9.17) is 11.6 Å². The van der Waals surface area contributed by atoms with Crippen molar-refractivity contribution in [3.63, 3.8) is 0 Å². The first-order valence-corrected chi connectivity index (χ1v) is 7.01. The summed E-state index contributed by atoms with van der Waals surface area (Å²) >= 11 is 7.34. The Balaban J connectivity index is 2.30. The predicted octanol–water partition coefficient (Wildman–Crippen LogP) is 4.65. The molecule has 0 bridgehead atoms. The van der Waals surface area contributed by atoms with Gasteiger partial charge in [0.15, 0.2) is 0 Å². The van der Waals surface area contributed by atoms with Crippen molar-refractivity contribution in [1.29, 1.82) is 0 Å². The average Bonchev–Trinajstić information content (AvgIpc) is 2.84. The van der Waals surface area contributed by atoms with Crippen molar-refractivity contribution >= 4 is 39.1 Å². The molecular formula is C15H10ClNOS. The number of pyridine rings is 1. The van der Waals surface area contributed by atoms with Crippen LogP contribution in [0.1, 0.15) is 15.2 Å². The molecule has 0 amide bonds. The van der Waals surface area contributed by atoms with Crippen molar-refractivity contribution in [3.05, 3.63) is 52.9 Å². The lowest BCUT2D eigenvalue weighted by Crippen LogP contribution is -1.94. The van der Waals surface area contributed by atoms with Crippen molar-refractivity contribution < 1.29 is 4.79 Å². The van der Waals surface area contributed by atoms with Gasteiger partial charge in [-0.05, 0) is 42.8 Å². The summed E-state index contributed by atoms with van der Waals surface area (Å²) in [7, 11) is 0. The van der Waals surface area contributed by atoms with Crippen LogP contribution in [0.5, 0.6) is 0 Å². The lowest BCUT2D eigenvalue weighted by atomic mass is 10.1. The number of benzene rings is 1. The standard InChI is InChI=1S/C15H10ClNOS/c1-9-6-7-14(19-9)13-8-11(15(16)18)10-4-2-3-5-12(10)17-13/h2-8H,1H3. The Morgan fingerprint density at radius 2 is 2.00 bits per heavy atom. The summed E-state index contributed by atoms with van der Waals surface area (Å²) < 4.78 is 0. The molecule has 2 aromatic heterocycles. The molecule has 0 radical (unpaired) electrons. The van der Waals surface area contributed by atoms with E-state index < -0.39 is 5.24 Å². The first-order valence-electron chi connectivity index (χ1n) is 5.81. The second kappa shape index (κ2) is 4.76. The Hall–Kier alpha value is -1.71. The first-order chi connectivity index (χ1) is 9.15. The van der Waals surface area contributed by atoms with Gasteiger partial charge in [0.2, 0.25) is 0 Å². The van der Waals surface area contributed by atoms with E-state index in [-0.39, 0.29) is 0 Å². The Labute approximate surface area is 119 Å². The van der Waals surface area contributed by atoms with Gasteiger partial charge in [-0.25, -0.2) is 4.98 Å². The number of halogens is 1. The Kier molecular flexibility index (Phi) is 3.09. The van der Waals surface area contributed by atoms with Crippen molar-refractivity contribution in [3.8, 4) is 10.6 Å². The third-order valence-electron chi connectivity index (χ3n) is 2.92. The molecule has 0 aliphatic heterocycles. The van der Waals surface area contributed by atoms with E-state index in [1.165, 1.54) is 4.88 Å². The Bertz CT molecular complexity index is 779. The van der Waals surface area contributed by atoms with Crippen molar-refractivity contribution in [2.24, 2.45) is 0 Å². The maximum Gasteiger partial charge on any atom is 0.253 e. The number of thiophene rings is 1. The van der Waals surface area contributed by atoms with E-state index in [1.54, 1.807) is 17.4 Å². The van der Waals surface area contributed by atoms with E-state index in [1.807, 2.05) is 43.3 Å². The molecule has 94 valence electrons. The molecule has 4 heteroatoms. The maximum absolute atomic E-state index is 11.6. The van der Waals surface area contributed by atoms with Gasteiger partial charge in [-0.3, -0.25) is 4.79 Å². The van der Waals surface area contributed by atoms with Gasteiger partial charge in [-0.15, -0.1) is 11.3 Å². The van der Waals surface area contributed by atoms with Crippen LogP contribution in [0, 0.1) is 6.92 Å². The van der Waals surface area contributed by atoms with E-state index in [9.17, 15) is 4.79 Å². The summed E-state index contributed by atoms with van der Waals surface area (Å²) in [6.45, 7) is 2.04. The molecule has 2 nitrogen and oxygen atoms in total. The van der Waals surface area contributed by atoms with Crippen LogP contribution in [0.25, 0.3) is 21.5 Å². The highest BCUT2D eigenvalue weighted by atomic mass is 35.5. The smallest absolute Gasteiger partial charge is 0.253 e. The molecule has 1 aromatic carbocycles. The summed E-state index contributed by atoms with van der Waals surface area (Å²) in [5.74, 6) is 0. The molecule has 0 aliphatic rings. The van der Waals surface area contributed by atoms with E-state index in [0.29, 0.717) is 5.56 Å². The van der Waals surface area contributed by atoms with Crippen molar-refractivity contribution in [2.75, 3.05) is 0 Å². The number of carbonyl (C=O) groups excluding carboxylic acids is 1. The highest BCUT2D eigenvalue weighted by Gasteiger charge is 2.12. The SMILES string of the molecule is Cc1ccc(-c2cc(C(=O)Cl)c3ccccc3n2)s1. The van der Waals surface area contributed by atoms with E-state index in [0.717, 1.165) is 21.5 Å². The lowest BCUT2D eigenvalue weighted by Gasteiger charge is -2.05. The number of aromatic nitrogens is 1. The first kappa shape index (κ1) is 12.3. The van der Waals surface area contributed by atoms with Crippen LogP contribution < -0.4 is 0 Å². The van der Waals surface area contributed by atoms with Crippen LogP contribution in [0.4, 0.5) is 0 Å². The zero-order chi connectivity index (χ0) is 13.4. The van der Waals surface area contributed by atoms with E-state index >= 15 is 0 Å². The van der Waals surface area contributed by atoms with Crippen LogP contribution in [-0.2, 0) is 0 Å². The van der Waals surface area contributed by atoms with Gasteiger partial charge in [-0.2, -0.15) is 0 Å². The number of hydrogen-bond acceptors (Lipinski definition) is 3. The molecule has 19 heavy (non-hydrogen) atoms. The number of nitrogens with zero attached hydrogens (tertiary/aromatic N) is 1. The summed E-state index contributed by atoms with van der Waals surface area (Å²) in [5, 5.41) is 0.340. The number of para-hydroxylation sites is 1. The van der Waals surface area contributed by atoms with Crippen molar-refractivity contribution in [2.45, 2.75) is 6.92 Å². The minimum atomic E-state index is -0.451. The third-order valence-corrected chi connectivity index (χ3v) is 4.15. The lowest BCUT2D eigenvalue weighted by molar-refractivity contribution is 0.108. The number of hydrogen-bond donors (Lipinski definition) is 0. The highest BCUT2D eigenvalue weighted by molar-refractivity contribution is 7.15. The molecule has 3 rings (SSSR count). The van der Waals surface area contributed by atoms with Crippen LogP contribution in [0.3, 0.4) is 0 Å². The van der Waals surface area contributed by atoms with Crippen molar-refractivity contribution in [1.82, 2.24) is 4.98 Å². The van der Waals surface area contributed by atoms with Crippen LogP contribution in [0.2, 0.25) is 0 Å². The summed E-state index contributed by atoms with van der Waals surface area (Å²) in [5.41, 5.74) is 2.09. The monoisotopic (exact) mass is 287 g/mol. The fourth-order valence-electron chi connectivity index (χ4n) is 2.04. The topological polar surface area (TPSA) is 30.0 Å². The molecule has 0 aliphatic carbocycles. The zero-order valence-corrected chi connectivity index (χ0v) is 11.8. The van der Waals surface area contributed by atoms with Gasteiger partial charge >= 0.3 is 0 Å². The van der Waals surface area contributed by atoms with Gasteiger partial charge < -0.3 is 0 Å². The van der Waals surface area contributed by atoms with Crippen LogP contribution in [-0.4, -0.2) is 10.2 Å². The maximum atomic E-state index is 11.6. The van der Waals surface area contributed by atoms with E-state index in [2.05, 4.69) is 4.98 Å². The van der Waals surface area contributed by atoms with Gasteiger partial charge in [0.25, 0.3) is 5.24 Å². The van der Waals surface area contributed by atoms with Gasteiger partial charge in [-0.1, -0.05) is 18.2 Å². The van der Waals surface area contributed by atoms with Crippen LogP contribution in [0.15, 0.2) is 42.5 Å². The average molecular weight is 288 g/mol. The molecule has 0 unspecified atom stereocenters. The number of rotatable bonds is 2. The number of carbonyl (C=O) groups is 1. The Morgan fingerprint density at radius 3 is 2.68 bits per heavy atom.